The molecular formula is C14H24IN3O2S. The fraction of sp³-hybridized carbons (Fsp3) is 0.500. The summed E-state index contributed by atoms with van der Waals surface area (Å²) in [5.74, 6) is 0. The highest BCUT2D eigenvalue weighted by molar-refractivity contribution is 14.0. The molecule has 0 fully saturated rings. The van der Waals surface area contributed by atoms with Gasteiger partial charge in [-0.1, -0.05) is 23.9 Å². The maximum Gasteiger partial charge on any atom is 0.158 e. The van der Waals surface area contributed by atoms with Crippen LogP contribution in [0.1, 0.15) is 0 Å². The molecule has 0 heterocycles. The van der Waals surface area contributed by atoms with Gasteiger partial charge in [0.25, 0.3) is 0 Å². The molecule has 0 amide bonds. The van der Waals surface area contributed by atoms with E-state index in [1.54, 1.807) is 14.2 Å². The lowest BCUT2D eigenvalue weighted by Gasteiger charge is -2.25. The average Bonchev–Trinajstić information content (AvgIpc) is 2.48. The smallest absolute Gasteiger partial charge is 0.158 e. The van der Waals surface area contributed by atoms with Crippen LogP contribution in [0.5, 0.6) is 0 Å². The molecule has 0 aromatic heterocycles. The summed E-state index contributed by atoms with van der Waals surface area (Å²) in [6.07, 6.45) is 1.91. The molecule has 0 radical (unpaired) electrons. The van der Waals surface area contributed by atoms with Crippen LogP contribution in [0, 0.1) is 0 Å². The Morgan fingerprint density at radius 2 is 1.76 bits per heavy atom. The van der Waals surface area contributed by atoms with E-state index in [0.29, 0.717) is 18.4 Å². The minimum Gasteiger partial charge on any atom is -0.383 e. The molecule has 0 aliphatic carbocycles. The monoisotopic (exact) mass is 425 g/mol. The summed E-state index contributed by atoms with van der Waals surface area (Å²) in [4.78, 5) is 6.64. The molecule has 2 N–H and O–H groups in total. The molecule has 1 aromatic rings. The quantitative estimate of drug-likeness (QED) is 0.394. The first-order chi connectivity index (χ1) is 9.72. The highest BCUT2D eigenvalue weighted by Crippen LogP contribution is 2.28. The van der Waals surface area contributed by atoms with Gasteiger partial charge in [0.05, 0.1) is 24.6 Å². The maximum atomic E-state index is 5.82. The van der Waals surface area contributed by atoms with Crippen LogP contribution in [0.25, 0.3) is 0 Å². The molecule has 0 aliphatic heterocycles. The summed E-state index contributed by atoms with van der Waals surface area (Å²) < 4.78 is 10.3. The van der Waals surface area contributed by atoms with Crippen LogP contribution in [-0.2, 0) is 9.47 Å². The molecule has 0 aliphatic rings. The third kappa shape index (κ3) is 7.35. The number of nitrogens with zero attached hydrogens (tertiary/aromatic N) is 2. The van der Waals surface area contributed by atoms with Crippen LogP contribution >= 0.6 is 35.7 Å². The maximum absolute atomic E-state index is 5.82. The highest BCUT2D eigenvalue weighted by Gasteiger charge is 2.10. The highest BCUT2D eigenvalue weighted by atomic mass is 127. The normalized spacial score (nSPS) is 11.1. The Balaban J connectivity index is 0.00000400. The van der Waals surface area contributed by atoms with Crippen LogP contribution < -0.4 is 10.6 Å². The van der Waals surface area contributed by atoms with Crippen LogP contribution in [-0.4, -0.2) is 51.9 Å². The Morgan fingerprint density at radius 1 is 1.19 bits per heavy atom. The van der Waals surface area contributed by atoms with Gasteiger partial charge in [-0.2, -0.15) is 0 Å². The number of ether oxygens (including phenoxy) is 2. The minimum absolute atomic E-state index is 0. The fourth-order valence-corrected chi connectivity index (χ4v) is 1.94. The van der Waals surface area contributed by atoms with Gasteiger partial charge in [0.15, 0.2) is 5.17 Å². The molecule has 0 spiro atoms. The van der Waals surface area contributed by atoms with E-state index in [9.17, 15) is 0 Å². The molecule has 0 unspecified atom stereocenters. The standard InChI is InChI=1S/C14H23N3O2S.HI/c1-18-10-8-17(9-11-19-2)13-7-5-4-6-12(13)16-14(15)20-3;/h4-7H,8-11H2,1-3H3,(H2,15,16);1H. The first-order valence-corrected chi connectivity index (χ1v) is 7.65. The van der Waals surface area contributed by atoms with Crippen molar-refractivity contribution in [2.75, 3.05) is 51.7 Å². The number of hydrogen-bond acceptors (Lipinski definition) is 5. The number of nitrogens with two attached hydrogens (primary N) is 1. The van der Waals surface area contributed by atoms with E-state index in [1.807, 2.05) is 30.5 Å². The third-order valence-corrected chi connectivity index (χ3v) is 3.30. The second-order valence-electron chi connectivity index (χ2n) is 4.12. The molecule has 21 heavy (non-hydrogen) atoms. The number of anilines is 1. The Hall–Kier alpha value is -0.510. The molecular weight excluding hydrogens is 401 g/mol. The van der Waals surface area contributed by atoms with Crippen molar-refractivity contribution in [1.82, 2.24) is 0 Å². The Labute approximate surface area is 148 Å². The molecule has 0 saturated heterocycles. The van der Waals surface area contributed by atoms with E-state index in [2.05, 4.69) is 9.89 Å². The number of halogens is 1. The van der Waals surface area contributed by atoms with Gasteiger partial charge in [-0.05, 0) is 18.4 Å². The second kappa shape index (κ2) is 12.1. The lowest BCUT2D eigenvalue weighted by atomic mass is 10.2. The Bertz CT molecular complexity index is 424. The summed E-state index contributed by atoms with van der Waals surface area (Å²) in [5.41, 5.74) is 7.73. The van der Waals surface area contributed by atoms with E-state index in [0.717, 1.165) is 24.5 Å². The van der Waals surface area contributed by atoms with Crippen molar-refractivity contribution in [3.63, 3.8) is 0 Å². The lowest BCUT2D eigenvalue weighted by Crippen LogP contribution is -2.30. The molecule has 0 saturated carbocycles. The van der Waals surface area contributed by atoms with Crippen molar-refractivity contribution in [2.24, 2.45) is 10.7 Å². The van der Waals surface area contributed by atoms with E-state index in [1.165, 1.54) is 11.8 Å². The minimum atomic E-state index is 0. The number of rotatable bonds is 8. The predicted molar refractivity (Wildman–Crippen MR) is 103 cm³/mol. The zero-order valence-corrected chi connectivity index (χ0v) is 15.9. The van der Waals surface area contributed by atoms with Gasteiger partial charge in [0, 0.05) is 27.3 Å². The predicted octanol–water partition coefficient (Wildman–Crippen LogP) is 2.71. The molecule has 5 nitrogen and oxygen atoms in total. The number of para-hydroxylation sites is 2. The zero-order valence-electron chi connectivity index (χ0n) is 12.7. The Morgan fingerprint density at radius 3 is 2.29 bits per heavy atom. The van der Waals surface area contributed by atoms with Crippen molar-refractivity contribution in [3.05, 3.63) is 24.3 Å². The number of methoxy groups -OCH3 is 2. The number of amidine groups is 1. The van der Waals surface area contributed by atoms with Crippen molar-refractivity contribution in [1.29, 1.82) is 0 Å². The van der Waals surface area contributed by atoms with Crippen LogP contribution in [0.15, 0.2) is 29.3 Å². The number of hydrogen-bond donors (Lipinski definition) is 1. The fourth-order valence-electron chi connectivity index (χ4n) is 1.75. The largest absolute Gasteiger partial charge is 0.383 e. The van der Waals surface area contributed by atoms with E-state index >= 15 is 0 Å². The Kier molecular flexibility index (Phi) is 11.8. The topological polar surface area (TPSA) is 60.1 Å². The van der Waals surface area contributed by atoms with Crippen LogP contribution in [0.2, 0.25) is 0 Å². The summed E-state index contributed by atoms with van der Waals surface area (Å²) in [6.45, 7) is 2.87. The summed E-state index contributed by atoms with van der Waals surface area (Å²) in [6, 6.07) is 7.96. The van der Waals surface area contributed by atoms with Gasteiger partial charge in [-0.15, -0.1) is 24.0 Å². The third-order valence-electron chi connectivity index (χ3n) is 2.79. The van der Waals surface area contributed by atoms with Gasteiger partial charge in [-0.25, -0.2) is 4.99 Å². The van der Waals surface area contributed by atoms with Crippen molar-refractivity contribution < 1.29 is 9.47 Å². The van der Waals surface area contributed by atoms with Crippen LogP contribution in [0.4, 0.5) is 11.4 Å². The molecule has 1 aromatic carbocycles. The summed E-state index contributed by atoms with van der Waals surface area (Å²) in [5, 5.41) is 0.552. The first-order valence-electron chi connectivity index (χ1n) is 6.43. The van der Waals surface area contributed by atoms with Crippen LogP contribution in [0.3, 0.4) is 0 Å². The first kappa shape index (κ1) is 20.5. The summed E-state index contributed by atoms with van der Waals surface area (Å²) in [7, 11) is 3.40. The SMILES string of the molecule is COCCN(CCOC)c1ccccc1N=C(N)SC.I. The number of aliphatic imine (C=N–C) groups is 1. The van der Waals surface area contributed by atoms with E-state index in [4.69, 9.17) is 15.2 Å². The van der Waals surface area contributed by atoms with Gasteiger partial charge in [0.2, 0.25) is 0 Å². The van der Waals surface area contributed by atoms with E-state index in [-0.39, 0.29) is 24.0 Å². The van der Waals surface area contributed by atoms with Gasteiger partial charge >= 0.3 is 0 Å². The second-order valence-corrected chi connectivity index (χ2v) is 4.94. The number of thioether (sulfide) groups is 1. The van der Waals surface area contributed by atoms with Crippen molar-refractivity contribution >= 4 is 52.3 Å². The number of benzene rings is 1. The zero-order chi connectivity index (χ0) is 14.8. The molecule has 1 rings (SSSR count). The van der Waals surface area contributed by atoms with E-state index < -0.39 is 0 Å². The summed E-state index contributed by atoms with van der Waals surface area (Å²) >= 11 is 1.44. The molecule has 7 heteroatoms. The van der Waals surface area contributed by atoms with Gasteiger partial charge in [-0.3, -0.25) is 0 Å². The molecule has 0 bridgehead atoms. The van der Waals surface area contributed by atoms with Crippen molar-refractivity contribution in [2.45, 2.75) is 0 Å². The molecule has 0 atom stereocenters. The lowest BCUT2D eigenvalue weighted by molar-refractivity contribution is 0.190. The van der Waals surface area contributed by atoms with Gasteiger partial charge in [0.1, 0.15) is 0 Å². The van der Waals surface area contributed by atoms with Gasteiger partial charge < -0.3 is 20.1 Å². The van der Waals surface area contributed by atoms with Crippen molar-refractivity contribution in [3.8, 4) is 0 Å². The molecule has 120 valence electrons. The average molecular weight is 425 g/mol.